The van der Waals surface area contributed by atoms with Gasteiger partial charge < -0.3 is 10.7 Å². The van der Waals surface area contributed by atoms with Gasteiger partial charge in [-0.1, -0.05) is 6.92 Å². The minimum atomic E-state index is 0.655. The summed E-state index contributed by atoms with van der Waals surface area (Å²) in [5.41, 5.74) is 5.73. The molecule has 2 aromatic rings. The molecule has 0 spiro atoms. The molecule has 102 valence electrons. The van der Waals surface area contributed by atoms with Crippen LogP contribution in [0.15, 0.2) is 12.5 Å². The molecule has 7 heteroatoms. The van der Waals surface area contributed by atoms with Gasteiger partial charge >= 0.3 is 0 Å². The van der Waals surface area contributed by atoms with E-state index in [0.29, 0.717) is 12.4 Å². The van der Waals surface area contributed by atoms with Crippen molar-refractivity contribution in [3.63, 3.8) is 0 Å². The van der Waals surface area contributed by atoms with Gasteiger partial charge in [0.15, 0.2) is 0 Å². The topological polar surface area (TPSA) is 93.7 Å². The normalized spacial score (nSPS) is 10.5. The van der Waals surface area contributed by atoms with E-state index in [0.717, 1.165) is 29.1 Å². The molecule has 2 rings (SSSR count). The van der Waals surface area contributed by atoms with Crippen molar-refractivity contribution >= 4 is 11.6 Å². The first-order chi connectivity index (χ1) is 9.15. The molecule has 0 atom stereocenters. The van der Waals surface area contributed by atoms with Crippen LogP contribution in [0.3, 0.4) is 0 Å². The molecular weight excluding hydrogens is 242 g/mol. The zero-order valence-electron chi connectivity index (χ0n) is 11.4. The average Bonchev–Trinajstić information content (AvgIpc) is 2.73. The lowest BCUT2D eigenvalue weighted by Gasteiger charge is -2.12. The van der Waals surface area contributed by atoms with Gasteiger partial charge in [0, 0.05) is 30.9 Å². The first-order valence-corrected chi connectivity index (χ1v) is 6.19. The van der Waals surface area contributed by atoms with Gasteiger partial charge in [-0.05, 0) is 13.3 Å². The Hall–Kier alpha value is -2.15. The van der Waals surface area contributed by atoms with Crippen molar-refractivity contribution in [3.05, 3.63) is 29.3 Å². The van der Waals surface area contributed by atoms with Gasteiger partial charge in [-0.2, -0.15) is 5.10 Å². The fourth-order valence-electron chi connectivity index (χ4n) is 2.03. The maximum atomic E-state index is 5.45. The van der Waals surface area contributed by atoms with Crippen molar-refractivity contribution in [2.45, 2.75) is 26.8 Å². The molecule has 7 nitrogen and oxygen atoms in total. The summed E-state index contributed by atoms with van der Waals surface area (Å²) in [4.78, 5) is 8.37. The first-order valence-electron chi connectivity index (χ1n) is 6.19. The van der Waals surface area contributed by atoms with Crippen LogP contribution in [-0.2, 0) is 20.0 Å². The third kappa shape index (κ3) is 2.82. The fourth-order valence-corrected chi connectivity index (χ4v) is 2.03. The highest BCUT2D eigenvalue weighted by Gasteiger charge is 2.09. The largest absolute Gasteiger partial charge is 0.365 e. The van der Waals surface area contributed by atoms with E-state index >= 15 is 0 Å². The Morgan fingerprint density at radius 3 is 2.63 bits per heavy atom. The maximum absolute atomic E-state index is 5.45. The Kier molecular flexibility index (Phi) is 3.96. The lowest BCUT2D eigenvalue weighted by Crippen LogP contribution is -2.14. The standard InChI is InChI=1S/C12H19N7/c1-4-10-11(15-7-16-12(10)17-13)14-5-9-6-19(3)18-8(9)2/h6-7H,4-5,13H2,1-3H3,(H2,14,15,16,17). The Morgan fingerprint density at radius 1 is 1.32 bits per heavy atom. The van der Waals surface area contributed by atoms with Crippen molar-refractivity contribution < 1.29 is 0 Å². The number of hydrogen-bond donors (Lipinski definition) is 3. The minimum Gasteiger partial charge on any atom is -0.365 e. The summed E-state index contributed by atoms with van der Waals surface area (Å²) in [7, 11) is 1.91. The van der Waals surface area contributed by atoms with E-state index < -0.39 is 0 Å². The van der Waals surface area contributed by atoms with Crippen LogP contribution >= 0.6 is 0 Å². The maximum Gasteiger partial charge on any atom is 0.148 e. The summed E-state index contributed by atoms with van der Waals surface area (Å²) in [5.74, 6) is 6.90. The number of anilines is 2. The molecule has 19 heavy (non-hydrogen) atoms. The third-order valence-electron chi connectivity index (χ3n) is 3.00. The highest BCUT2D eigenvalue weighted by molar-refractivity contribution is 5.56. The van der Waals surface area contributed by atoms with Crippen molar-refractivity contribution in [1.29, 1.82) is 0 Å². The van der Waals surface area contributed by atoms with E-state index in [1.807, 2.05) is 27.1 Å². The van der Waals surface area contributed by atoms with E-state index in [4.69, 9.17) is 5.84 Å². The van der Waals surface area contributed by atoms with E-state index in [1.54, 1.807) is 4.68 Å². The van der Waals surface area contributed by atoms with E-state index in [-0.39, 0.29) is 0 Å². The lowest BCUT2D eigenvalue weighted by atomic mass is 10.2. The molecule has 4 N–H and O–H groups in total. The highest BCUT2D eigenvalue weighted by atomic mass is 15.3. The van der Waals surface area contributed by atoms with Gasteiger partial charge in [0.2, 0.25) is 0 Å². The number of aromatic nitrogens is 4. The van der Waals surface area contributed by atoms with Crippen LogP contribution < -0.4 is 16.6 Å². The fraction of sp³-hybridized carbons (Fsp3) is 0.417. The van der Waals surface area contributed by atoms with Crippen LogP contribution in [0, 0.1) is 6.92 Å². The Morgan fingerprint density at radius 2 is 2.05 bits per heavy atom. The second kappa shape index (κ2) is 5.66. The van der Waals surface area contributed by atoms with Crippen LogP contribution in [0.25, 0.3) is 0 Å². The molecule has 0 saturated heterocycles. The monoisotopic (exact) mass is 261 g/mol. The van der Waals surface area contributed by atoms with Gasteiger partial charge in [-0.3, -0.25) is 4.68 Å². The molecule has 2 heterocycles. The van der Waals surface area contributed by atoms with Crippen LogP contribution in [0.1, 0.15) is 23.7 Å². The number of hydrogen-bond acceptors (Lipinski definition) is 6. The summed E-state index contributed by atoms with van der Waals surface area (Å²) in [6, 6.07) is 0. The highest BCUT2D eigenvalue weighted by Crippen LogP contribution is 2.20. The van der Waals surface area contributed by atoms with E-state index in [2.05, 4.69) is 25.8 Å². The number of nitrogens with zero attached hydrogens (tertiary/aromatic N) is 4. The first kappa shape index (κ1) is 13.3. The molecule has 0 unspecified atom stereocenters. The summed E-state index contributed by atoms with van der Waals surface area (Å²) in [6.07, 6.45) is 4.29. The summed E-state index contributed by atoms with van der Waals surface area (Å²) in [6.45, 7) is 4.71. The number of nitrogens with two attached hydrogens (primary N) is 1. The molecule has 0 saturated carbocycles. The van der Waals surface area contributed by atoms with Gasteiger partial charge in [0.25, 0.3) is 0 Å². The molecule has 0 amide bonds. The molecule has 2 aromatic heterocycles. The smallest absolute Gasteiger partial charge is 0.148 e. The molecular formula is C12H19N7. The van der Waals surface area contributed by atoms with E-state index in [9.17, 15) is 0 Å². The number of aryl methyl sites for hydroxylation is 2. The Balaban J connectivity index is 2.17. The third-order valence-corrected chi connectivity index (χ3v) is 3.00. The van der Waals surface area contributed by atoms with Crippen LogP contribution in [0.4, 0.5) is 11.6 Å². The summed E-state index contributed by atoms with van der Waals surface area (Å²) >= 11 is 0. The van der Waals surface area contributed by atoms with Gasteiger partial charge in [0.05, 0.1) is 5.69 Å². The summed E-state index contributed by atoms with van der Waals surface area (Å²) < 4.78 is 1.81. The Bertz CT molecular complexity index is 561. The quantitative estimate of drug-likeness (QED) is 0.548. The number of rotatable bonds is 5. The summed E-state index contributed by atoms with van der Waals surface area (Å²) in [5, 5.41) is 7.62. The number of hydrazine groups is 1. The molecule has 0 aliphatic carbocycles. The van der Waals surface area contributed by atoms with Crippen molar-refractivity contribution in [2.75, 3.05) is 10.7 Å². The van der Waals surface area contributed by atoms with Gasteiger partial charge in [-0.15, -0.1) is 0 Å². The minimum absolute atomic E-state index is 0.655. The predicted molar refractivity (Wildman–Crippen MR) is 74.5 cm³/mol. The molecule has 0 fully saturated rings. The predicted octanol–water partition coefficient (Wildman–Crippen LogP) is 0.979. The molecule has 0 aliphatic heterocycles. The molecule has 0 radical (unpaired) electrons. The van der Waals surface area contributed by atoms with Gasteiger partial charge in [-0.25, -0.2) is 15.8 Å². The number of nitrogens with one attached hydrogen (secondary N) is 2. The lowest BCUT2D eigenvalue weighted by molar-refractivity contribution is 0.756. The van der Waals surface area contributed by atoms with Crippen LogP contribution in [-0.4, -0.2) is 19.7 Å². The second-order valence-corrected chi connectivity index (χ2v) is 4.31. The average molecular weight is 261 g/mol. The zero-order valence-corrected chi connectivity index (χ0v) is 11.4. The van der Waals surface area contributed by atoms with Crippen LogP contribution in [0.5, 0.6) is 0 Å². The van der Waals surface area contributed by atoms with E-state index in [1.165, 1.54) is 6.33 Å². The van der Waals surface area contributed by atoms with Crippen molar-refractivity contribution in [2.24, 2.45) is 12.9 Å². The zero-order chi connectivity index (χ0) is 13.8. The molecule has 0 aromatic carbocycles. The van der Waals surface area contributed by atoms with Crippen molar-refractivity contribution in [3.8, 4) is 0 Å². The van der Waals surface area contributed by atoms with Crippen molar-refractivity contribution in [1.82, 2.24) is 19.7 Å². The number of nitrogen functional groups attached to an aromatic ring is 1. The second-order valence-electron chi connectivity index (χ2n) is 4.31. The SMILES string of the molecule is CCc1c(NN)ncnc1NCc1cn(C)nc1C. The van der Waals surface area contributed by atoms with Crippen LogP contribution in [0.2, 0.25) is 0 Å². The Labute approximate surface area is 112 Å². The molecule has 0 bridgehead atoms. The molecule has 0 aliphatic rings. The van der Waals surface area contributed by atoms with Gasteiger partial charge in [0.1, 0.15) is 18.0 Å².